The number of fused-ring (bicyclic) bond motifs is 10. The molecule has 11 aliphatic rings. The Morgan fingerprint density at radius 3 is 0.938 bits per heavy atom. The molecule has 0 aromatic carbocycles. The molecule has 0 amide bonds. The van der Waals surface area contributed by atoms with Gasteiger partial charge >= 0.3 is 54.7 Å². The molecule has 0 radical (unpaired) electrons. The Morgan fingerprint density at radius 2 is 0.875 bits per heavy atom. The molecular formula is C15H16Fe. The molecule has 10 heterocycles. The Hall–Kier alpha value is -0.000519. The van der Waals surface area contributed by atoms with Crippen LogP contribution in [-0.2, 0) is 6.51 Å². The van der Waals surface area contributed by atoms with Gasteiger partial charge in [-0.2, -0.15) is 0 Å². The van der Waals surface area contributed by atoms with E-state index in [1.807, 2.05) is 0 Å². The van der Waals surface area contributed by atoms with Gasteiger partial charge in [0.2, 0.25) is 0 Å². The molecule has 84 valence electrons. The molecule has 0 bridgehead atoms. The SMILES string of the molecule is C1=CCC=C1.[CH]12[CH]3[CH]4[CH]5[CH]1[Fe]23451678[CH]2[CH]1[CH]6[CH]7[CH]28. The van der Waals surface area contributed by atoms with Crippen molar-refractivity contribution >= 4 is 0 Å². The quantitative estimate of drug-likeness (QED) is 0.539. The van der Waals surface area contributed by atoms with E-state index >= 15 is 0 Å². The van der Waals surface area contributed by atoms with Gasteiger partial charge in [0.15, 0.2) is 0 Å². The van der Waals surface area contributed by atoms with Crippen molar-refractivity contribution in [3.63, 3.8) is 0 Å². The van der Waals surface area contributed by atoms with Crippen molar-refractivity contribution in [2.45, 2.75) is 54.6 Å². The van der Waals surface area contributed by atoms with Gasteiger partial charge in [-0.15, -0.1) is 0 Å². The summed E-state index contributed by atoms with van der Waals surface area (Å²) in [6.07, 6.45) is 9.50. The number of allylic oxidation sites excluding steroid dienone is 4. The molecule has 1 spiro atoms. The van der Waals surface area contributed by atoms with Crippen LogP contribution in [0.15, 0.2) is 24.3 Å². The summed E-state index contributed by atoms with van der Waals surface area (Å²) in [6.45, 7) is -2.28. The van der Waals surface area contributed by atoms with Crippen molar-refractivity contribution in [3.05, 3.63) is 24.3 Å². The van der Waals surface area contributed by atoms with E-state index < -0.39 is 6.51 Å². The van der Waals surface area contributed by atoms with Crippen molar-refractivity contribution in [1.29, 1.82) is 0 Å². The maximum atomic E-state index is 2.12. The average molecular weight is 252 g/mol. The van der Waals surface area contributed by atoms with E-state index in [2.05, 4.69) is 24.3 Å². The summed E-state index contributed by atoms with van der Waals surface area (Å²) >= 11 is 0. The number of hydrogen-bond acceptors (Lipinski definition) is 0. The summed E-state index contributed by atoms with van der Waals surface area (Å²) in [4.78, 5) is 15.9. The van der Waals surface area contributed by atoms with Crippen molar-refractivity contribution < 1.29 is 6.51 Å². The molecule has 10 saturated heterocycles. The third kappa shape index (κ3) is 0.0563. The third-order valence-corrected chi connectivity index (χ3v) is 57.1. The van der Waals surface area contributed by atoms with Gasteiger partial charge in [-0.3, -0.25) is 0 Å². The number of rotatable bonds is 0. The third-order valence-electron chi connectivity index (χ3n) is 15.2. The van der Waals surface area contributed by atoms with Crippen LogP contribution in [-0.4, -0.2) is 0 Å². The minimum atomic E-state index is -2.28. The first kappa shape index (κ1) is 5.76. The van der Waals surface area contributed by atoms with Crippen LogP contribution in [0, 0.1) is 0 Å². The predicted octanol–water partition coefficient (Wildman–Crippen LogP) is 4.88. The first-order valence-corrected chi connectivity index (χ1v) is 13.6. The second kappa shape index (κ2) is 0.459. The fraction of sp³-hybridized carbons (Fsp3) is 0.733. The molecule has 0 aromatic rings. The van der Waals surface area contributed by atoms with Gasteiger partial charge < -0.3 is 0 Å². The topological polar surface area (TPSA) is 0 Å². The van der Waals surface area contributed by atoms with Crippen molar-refractivity contribution in [2.24, 2.45) is 0 Å². The van der Waals surface area contributed by atoms with Gasteiger partial charge in [-0.25, -0.2) is 0 Å². The second-order valence-corrected chi connectivity index (χ2v) is 34.6. The summed E-state index contributed by atoms with van der Waals surface area (Å²) in [5.41, 5.74) is 0. The van der Waals surface area contributed by atoms with Gasteiger partial charge in [-0.05, 0) is 6.42 Å². The zero-order chi connectivity index (χ0) is 9.63. The van der Waals surface area contributed by atoms with Crippen LogP contribution < -0.4 is 0 Å². The van der Waals surface area contributed by atoms with Gasteiger partial charge in [0, 0.05) is 0 Å². The Labute approximate surface area is 85.5 Å². The maximum absolute atomic E-state index is 2.28. The van der Waals surface area contributed by atoms with Gasteiger partial charge in [0.05, 0.1) is 0 Å². The second-order valence-electron chi connectivity index (χ2n) is 10.7. The van der Waals surface area contributed by atoms with E-state index in [1.54, 1.807) is 48.2 Å². The monoisotopic (exact) mass is 252 g/mol. The van der Waals surface area contributed by atoms with Crippen LogP contribution in [0.5, 0.6) is 0 Å². The molecule has 1 aliphatic carbocycles. The molecule has 10 aliphatic heterocycles. The molecule has 0 N–H and O–H groups in total. The van der Waals surface area contributed by atoms with Crippen LogP contribution in [0.2, 0.25) is 48.2 Å². The molecule has 0 unspecified atom stereocenters. The van der Waals surface area contributed by atoms with Crippen LogP contribution in [0.1, 0.15) is 6.42 Å². The van der Waals surface area contributed by atoms with Crippen LogP contribution >= 0.6 is 0 Å². The van der Waals surface area contributed by atoms with Gasteiger partial charge in [-0.1, -0.05) is 24.3 Å². The van der Waals surface area contributed by atoms with Crippen LogP contribution in [0.3, 0.4) is 0 Å². The fourth-order valence-corrected chi connectivity index (χ4v) is 88.4. The molecule has 16 heavy (non-hydrogen) atoms. The first-order chi connectivity index (χ1) is 7.66. The Morgan fingerprint density at radius 1 is 0.562 bits per heavy atom. The summed E-state index contributed by atoms with van der Waals surface area (Å²) in [5.74, 6) is 0. The standard InChI is InChI=1S/C5H6.2C5H5.Fe/c3*1-2-4-5-3-1;/h1-4H,5H2;2*1-5H;. The van der Waals surface area contributed by atoms with E-state index in [1.165, 1.54) is 0 Å². The summed E-state index contributed by atoms with van der Waals surface area (Å²) < 4.78 is 0. The van der Waals surface area contributed by atoms with Crippen molar-refractivity contribution in [1.82, 2.24) is 0 Å². The number of hydrogen-bond donors (Lipinski definition) is 0. The molecule has 0 atom stereocenters. The van der Waals surface area contributed by atoms with Gasteiger partial charge in [0.1, 0.15) is 0 Å². The molecule has 10 fully saturated rings. The zero-order valence-corrected chi connectivity index (χ0v) is 10.2. The van der Waals surface area contributed by atoms with Gasteiger partial charge in [0.25, 0.3) is 0 Å². The molecular weight excluding hydrogens is 236 g/mol. The Balaban J connectivity index is 0.000000101. The summed E-state index contributed by atoms with van der Waals surface area (Å²) in [7, 11) is 0. The predicted molar refractivity (Wildman–Crippen MR) is 60.4 cm³/mol. The zero-order valence-electron chi connectivity index (χ0n) is 9.14. The Kier molecular flexibility index (Phi) is 0.165. The summed E-state index contributed by atoms with van der Waals surface area (Å²) in [6, 6.07) is 0. The van der Waals surface area contributed by atoms with E-state index in [9.17, 15) is 0 Å². The molecule has 0 aromatic heterocycles. The molecule has 1 heteroatoms. The molecule has 0 saturated carbocycles. The minimum absolute atomic E-state index is 1.14. The first-order valence-electron chi connectivity index (χ1n) is 7.19. The van der Waals surface area contributed by atoms with E-state index in [-0.39, 0.29) is 0 Å². The van der Waals surface area contributed by atoms with Crippen LogP contribution in [0.25, 0.3) is 0 Å². The normalized spacial score (nSPS) is 123. The fourth-order valence-electron chi connectivity index (χ4n) is 16.2. The van der Waals surface area contributed by atoms with Crippen LogP contribution in [0.4, 0.5) is 0 Å². The molecule has 0 nitrogen and oxygen atoms in total. The average Bonchev–Trinajstić information content (AvgIpc) is 3.27. The summed E-state index contributed by atoms with van der Waals surface area (Å²) in [5, 5.41) is 0. The molecule has 11 rings (SSSR count). The van der Waals surface area contributed by atoms with E-state index in [0.717, 1.165) is 6.42 Å². The van der Waals surface area contributed by atoms with E-state index in [0.29, 0.717) is 0 Å². The van der Waals surface area contributed by atoms with Crippen molar-refractivity contribution in [2.75, 3.05) is 0 Å². The Bertz CT molecular complexity index is 726. The van der Waals surface area contributed by atoms with Crippen molar-refractivity contribution in [3.8, 4) is 0 Å². The van der Waals surface area contributed by atoms with E-state index in [4.69, 9.17) is 0 Å².